The van der Waals surface area contributed by atoms with Gasteiger partial charge in [0, 0.05) is 10.6 Å². The highest BCUT2D eigenvalue weighted by Gasteiger charge is 2.25. The Morgan fingerprint density at radius 1 is 1.06 bits per heavy atom. The Hall–Kier alpha value is -3.29. The molecule has 0 spiro atoms. The van der Waals surface area contributed by atoms with Gasteiger partial charge in [0.25, 0.3) is 11.8 Å². The number of hydrazone groups is 1. The number of rotatable bonds is 9. The molecule has 0 unspecified atom stereocenters. The minimum atomic E-state index is -0.910. The molecule has 0 bridgehead atoms. The van der Waals surface area contributed by atoms with Gasteiger partial charge < -0.3 is 15.2 Å². The highest BCUT2D eigenvalue weighted by atomic mass is 35.5. The lowest BCUT2D eigenvalue weighted by atomic mass is 10.0. The van der Waals surface area contributed by atoms with E-state index in [1.54, 1.807) is 31.2 Å². The van der Waals surface area contributed by atoms with E-state index in [0.717, 1.165) is 10.8 Å². The van der Waals surface area contributed by atoms with Crippen LogP contribution in [0.4, 0.5) is 0 Å². The number of phenolic OH excluding ortho intramolecular Hbond substituents is 1. The van der Waals surface area contributed by atoms with Crippen LogP contribution < -0.4 is 15.5 Å². The maximum Gasteiger partial charge on any atom is 0.262 e. The summed E-state index contributed by atoms with van der Waals surface area (Å²) < 4.78 is 5.65. The second-order valence-corrected chi connectivity index (χ2v) is 9.32. The first-order valence-corrected chi connectivity index (χ1v) is 11.9. The van der Waals surface area contributed by atoms with Crippen molar-refractivity contribution in [3.8, 4) is 11.5 Å². The summed E-state index contributed by atoms with van der Waals surface area (Å²) in [5.41, 5.74) is 2.95. The quantitative estimate of drug-likeness (QED) is 0.266. The lowest BCUT2D eigenvalue weighted by molar-refractivity contribution is -0.132. The van der Waals surface area contributed by atoms with Crippen LogP contribution >= 0.6 is 23.2 Å². The first-order valence-electron chi connectivity index (χ1n) is 11.1. The Balaban J connectivity index is 1.68. The summed E-state index contributed by atoms with van der Waals surface area (Å²) in [4.78, 5) is 25.6. The predicted molar refractivity (Wildman–Crippen MR) is 139 cm³/mol. The maximum absolute atomic E-state index is 12.8. The van der Waals surface area contributed by atoms with Crippen LogP contribution in [-0.2, 0) is 9.59 Å². The van der Waals surface area contributed by atoms with Crippen LogP contribution in [0.5, 0.6) is 11.5 Å². The van der Waals surface area contributed by atoms with E-state index in [1.165, 1.54) is 12.3 Å². The third-order valence-electron chi connectivity index (χ3n) is 5.22. The van der Waals surface area contributed by atoms with Crippen LogP contribution in [0.25, 0.3) is 10.8 Å². The summed E-state index contributed by atoms with van der Waals surface area (Å²) in [6.07, 6.45) is 0.867. The molecule has 184 valence electrons. The van der Waals surface area contributed by atoms with Crippen LogP contribution in [0.15, 0.2) is 59.7 Å². The fourth-order valence-corrected chi connectivity index (χ4v) is 3.92. The maximum atomic E-state index is 12.8. The third kappa shape index (κ3) is 7.10. The van der Waals surface area contributed by atoms with Gasteiger partial charge in [-0.3, -0.25) is 9.59 Å². The Morgan fingerprint density at radius 3 is 2.51 bits per heavy atom. The number of halogens is 2. The predicted octanol–water partition coefficient (Wildman–Crippen LogP) is 5.30. The van der Waals surface area contributed by atoms with E-state index >= 15 is 0 Å². The molecule has 0 saturated heterocycles. The van der Waals surface area contributed by atoms with Crippen molar-refractivity contribution in [1.29, 1.82) is 0 Å². The normalized spacial score (nSPS) is 13.1. The van der Waals surface area contributed by atoms with Gasteiger partial charge in [-0.2, -0.15) is 5.10 Å². The lowest BCUT2D eigenvalue weighted by Crippen LogP contribution is -2.49. The SMILES string of the molecule is CC(C)C[C@H](NC(=O)[C@@H](C)Oc1ccc(Cl)cc1Cl)C(=O)N/N=C\c1c(O)ccc2ccccc12. The van der Waals surface area contributed by atoms with E-state index in [0.29, 0.717) is 22.8 Å². The molecule has 3 rings (SSSR count). The number of phenols is 1. The van der Waals surface area contributed by atoms with Crippen molar-refractivity contribution in [3.63, 3.8) is 0 Å². The Kier molecular flexibility index (Phi) is 8.95. The van der Waals surface area contributed by atoms with Crippen LogP contribution in [0.1, 0.15) is 32.8 Å². The zero-order valence-corrected chi connectivity index (χ0v) is 21.1. The van der Waals surface area contributed by atoms with E-state index in [4.69, 9.17) is 27.9 Å². The molecule has 0 aromatic heterocycles. The van der Waals surface area contributed by atoms with Crippen molar-refractivity contribution in [1.82, 2.24) is 10.7 Å². The molecule has 2 atom stereocenters. The zero-order chi connectivity index (χ0) is 25.5. The number of fused-ring (bicyclic) bond motifs is 1. The van der Waals surface area contributed by atoms with Gasteiger partial charge in [0.2, 0.25) is 0 Å². The molecule has 3 aromatic rings. The van der Waals surface area contributed by atoms with Crippen molar-refractivity contribution in [3.05, 3.63) is 70.2 Å². The van der Waals surface area contributed by atoms with E-state index in [9.17, 15) is 14.7 Å². The van der Waals surface area contributed by atoms with E-state index in [1.807, 2.05) is 38.1 Å². The summed E-state index contributed by atoms with van der Waals surface area (Å²) in [5, 5.41) is 19.4. The van der Waals surface area contributed by atoms with Gasteiger partial charge in [-0.15, -0.1) is 0 Å². The van der Waals surface area contributed by atoms with Gasteiger partial charge in [0.15, 0.2) is 6.10 Å². The lowest BCUT2D eigenvalue weighted by Gasteiger charge is -2.22. The first kappa shape index (κ1) is 26.3. The molecule has 0 aliphatic heterocycles. The molecule has 9 heteroatoms. The van der Waals surface area contributed by atoms with Gasteiger partial charge in [0.05, 0.1) is 11.2 Å². The van der Waals surface area contributed by atoms with Crippen LogP contribution in [0, 0.1) is 5.92 Å². The number of nitrogens with one attached hydrogen (secondary N) is 2. The standard InChI is InChI=1S/C26H27Cl2N3O4/c1-15(2)12-22(30-25(33)16(3)35-24-11-9-18(27)13-21(24)28)26(34)31-29-14-20-19-7-5-4-6-17(19)8-10-23(20)32/h4-11,13-16,22,32H,12H2,1-3H3,(H,30,33)(H,31,34)/b29-14-/t16-,22+/m1/s1. The number of amides is 2. The molecule has 7 nitrogen and oxygen atoms in total. The van der Waals surface area contributed by atoms with Crippen LogP contribution in [-0.4, -0.2) is 35.3 Å². The molecule has 0 heterocycles. The van der Waals surface area contributed by atoms with E-state index in [2.05, 4.69) is 15.8 Å². The second-order valence-electron chi connectivity index (χ2n) is 8.48. The summed E-state index contributed by atoms with van der Waals surface area (Å²) in [5.74, 6) is -0.491. The molecular weight excluding hydrogens is 489 g/mol. The Morgan fingerprint density at radius 2 is 1.80 bits per heavy atom. The molecule has 3 aromatic carbocycles. The van der Waals surface area contributed by atoms with E-state index < -0.39 is 24.0 Å². The van der Waals surface area contributed by atoms with Gasteiger partial charge in [-0.25, -0.2) is 5.43 Å². The van der Waals surface area contributed by atoms with E-state index in [-0.39, 0.29) is 16.7 Å². The molecule has 35 heavy (non-hydrogen) atoms. The molecule has 0 aliphatic carbocycles. The molecule has 0 saturated carbocycles. The molecule has 2 amide bonds. The smallest absolute Gasteiger partial charge is 0.262 e. The van der Waals surface area contributed by atoms with Crippen molar-refractivity contribution in [2.45, 2.75) is 39.3 Å². The topological polar surface area (TPSA) is 100 Å². The Bertz CT molecular complexity index is 1250. The average Bonchev–Trinajstić information content (AvgIpc) is 2.81. The average molecular weight is 516 g/mol. The largest absolute Gasteiger partial charge is 0.507 e. The third-order valence-corrected chi connectivity index (χ3v) is 5.75. The molecule has 0 aliphatic rings. The van der Waals surface area contributed by atoms with Crippen molar-refractivity contribution < 1.29 is 19.4 Å². The number of aromatic hydroxyl groups is 1. The highest BCUT2D eigenvalue weighted by molar-refractivity contribution is 6.35. The fraction of sp³-hybridized carbons (Fsp3) is 0.269. The van der Waals surface area contributed by atoms with Crippen molar-refractivity contribution in [2.75, 3.05) is 0 Å². The minimum Gasteiger partial charge on any atom is -0.507 e. The molecular formula is C26H27Cl2N3O4. The molecule has 0 radical (unpaired) electrons. The highest BCUT2D eigenvalue weighted by Crippen LogP contribution is 2.28. The summed E-state index contributed by atoms with van der Waals surface area (Å²) >= 11 is 12.0. The van der Waals surface area contributed by atoms with Crippen molar-refractivity contribution in [2.24, 2.45) is 11.0 Å². The molecule has 0 fully saturated rings. The van der Waals surface area contributed by atoms with Gasteiger partial charge >= 0.3 is 0 Å². The number of carbonyl (C=O) groups is 2. The summed E-state index contributed by atoms with van der Waals surface area (Å²) in [7, 11) is 0. The minimum absolute atomic E-state index is 0.0422. The first-order chi connectivity index (χ1) is 16.7. The Labute approximate surface area is 214 Å². The van der Waals surface area contributed by atoms with Crippen molar-refractivity contribution >= 4 is 52.0 Å². The van der Waals surface area contributed by atoms with Gasteiger partial charge in [0.1, 0.15) is 17.5 Å². The molecule has 3 N–H and O–H groups in total. The number of carbonyl (C=O) groups excluding carboxylic acids is 2. The summed E-state index contributed by atoms with van der Waals surface area (Å²) in [6.45, 7) is 5.45. The summed E-state index contributed by atoms with van der Waals surface area (Å²) in [6, 6.07) is 14.7. The number of benzene rings is 3. The second kappa shape index (κ2) is 11.9. The zero-order valence-electron chi connectivity index (χ0n) is 19.6. The number of ether oxygens (including phenoxy) is 1. The van der Waals surface area contributed by atoms with Gasteiger partial charge in [-0.05, 0) is 54.3 Å². The number of nitrogens with zero attached hydrogens (tertiary/aromatic N) is 1. The number of hydrogen-bond acceptors (Lipinski definition) is 5. The van der Waals surface area contributed by atoms with Gasteiger partial charge in [-0.1, -0.05) is 67.4 Å². The monoisotopic (exact) mass is 515 g/mol. The number of hydrogen-bond donors (Lipinski definition) is 3. The van der Waals surface area contributed by atoms with Crippen LogP contribution in [0.2, 0.25) is 10.0 Å². The van der Waals surface area contributed by atoms with Crippen LogP contribution in [0.3, 0.4) is 0 Å². The fourth-order valence-electron chi connectivity index (χ4n) is 3.46.